The first-order valence-electron chi connectivity index (χ1n) is 12.0. The van der Waals surface area contributed by atoms with Gasteiger partial charge in [-0.25, -0.2) is 0 Å². The molecule has 0 saturated heterocycles. The fraction of sp³-hybridized carbons (Fsp3) is 0.152. The van der Waals surface area contributed by atoms with Crippen molar-refractivity contribution in [2.75, 3.05) is 0 Å². The second-order valence-corrected chi connectivity index (χ2v) is 9.52. The van der Waals surface area contributed by atoms with Crippen molar-refractivity contribution < 1.29 is 0 Å². The molecule has 0 amide bonds. The van der Waals surface area contributed by atoms with Gasteiger partial charge in [0.2, 0.25) is 0 Å². The van der Waals surface area contributed by atoms with Crippen LogP contribution in [0.4, 0.5) is 0 Å². The summed E-state index contributed by atoms with van der Waals surface area (Å²) in [6.07, 6.45) is 19.9. The molecule has 0 heteroatoms. The van der Waals surface area contributed by atoms with Crippen LogP contribution < -0.4 is 0 Å². The summed E-state index contributed by atoms with van der Waals surface area (Å²) >= 11 is 0. The molecule has 1 fully saturated rings. The SMILES string of the molecule is [C]1=CC=CC2C1C(C(=C1c3ccccc3-c3ccccc31)c1ccccc1)C1C=CC=CC21. The summed E-state index contributed by atoms with van der Waals surface area (Å²) in [5.41, 5.74) is 9.66. The van der Waals surface area contributed by atoms with E-state index in [1.165, 1.54) is 39.0 Å². The summed E-state index contributed by atoms with van der Waals surface area (Å²) in [4.78, 5) is 0. The van der Waals surface area contributed by atoms with Crippen LogP contribution in [0.3, 0.4) is 0 Å². The molecule has 7 rings (SSSR count). The zero-order valence-corrected chi connectivity index (χ0v) is 18.4. The van der Waals surface area contributed by atoms with Crippen LogP contribution in [-0.4, -0.2) is 0 Å². The van der Waals surface area contributed by atoms with Crippen LogP contribution in [0.2, 0.25) is 0 Å². The zero-order chi connectivity index (χ0) is 21.8. The van der Waals surface area contributed by atoms with Crippen molar-refractivity contribution in [3.05, 3.63) is 144 Å². The molecule has 5 atom stereocenters. The lowest BCUT2D eigenvalue weighted by Crippen LogP contribution is -2.19. The number of fused-ring (bicyclic) bond motifs is 6. The minimum absolute atomic E-state index is 0.374. The summed E-state index contributed by atoms with van der Waals surface area (Å²) in [5, 5.41) is 0. The molecule has 157 valence electrons. The van der Waals surface area contributed by atoms with E-state index in [9.17, 15) is 0 Å². The zero-order valence-electron chi connectivity index (χ0n) is 18.4. The molecule has 0 aliphatic heterocycles. The van der Waals surface area contributed by atoms with Crippen molar-refractivity contribution in [2.24, 2.45) is 29.6 Å². The first kappa shape index (κ1) is 18.9. The van der Waals surface area contributed by atoms with Crippen LogP contribution in [-0.2, 0) is 0 Å². The Kier molecular flexibility index (Phi) is 4.27. The van der Waals surface area contributed by atoms with Crippen LogP contribution in [0.5, 0.6) is 0 Å². The van der Waals surface area contributed by atoms with Crippen LogP contribution in [0, 0.1) is 35.7 Å². The van der Waals surface area contributed by atoms with E-state index < -0.39 is 0 Å². The highest BCUT2D eigenvalue weighted by Crippen LogP contribution is 2.59. The van der Waals surface area contributed by atoms with Gasteiger partial charge in [0.15, 0.2) is 0 Å². The molecule has 3 aromatic rings. The Labute approximate surface area is 196 Å². The Morgan fingerprint density at radius 2 is 1.12 bits per heavy atom. The summed E-state index contributed by atoms with van der Waals surface area (Å²) < 4.78 is 0. The van der Waals surface area contributed by atoms with E-state index in [2.05, 4.69) is 127 Å². The van der Waals surface area contributed by atoms with E-state index >= 15 is 0 Å². The van der Waals surface area contributed by atoms with Crippen molar-refractivity contribution in [2.45, 2.75) is 0 Å². The Morgan fingerprint density at radius 3 is 1.82 bits per heavy atom. The average molecular weight is 422 g/mol. The highest BCUT2D eigenvalue weighted by Gasteiger charge is 2.50. The Bertz CT molecular complexity index is 1300. The van der Waals surface area contributed by atoms with Gasteiger partial charge in [0.1, 0.15) is 0 Å². The second kappa shape index (κ2) is 7.46. The van der Waals surface area contributed by atoms with E-state index in [4.69, 9.17) is 0 Å². The smallest absolute Gasteiger partial charge is 0.000589 e. The van der Waals surface area contributed by atoms with E-state index in [1.54, 1.807) is 0 Å². The van der Waals surface area contributed by atoms with Gasteiger partial charge in [-0.05, 0) is 74.6 Å². The summed E-state index contributed by atoms with van der Waals surface area (Å²) in [6, 6.07) is 29.0. The maximum Gasteiger partial charge on any atom is -0.000589 e. The van der Waals surface area contributed by atoms with E-state index in [1.807, 2.05) is 0 Å². The maximum atomic E-state index is 3.80. The lowest BCUT2D eigenvalue weighted by molar-refractivity contribution is 0.454. The van der Waals surface area contributed by atoms with E-state index in [-0.39, 0.29) is 0 Å². The number of hydrogen-bond donors (Lipinski definition) is 0. The largest absolute Gasteiger partial charge is 0.0802 e. The third-order valence-electron chi connectivity index (χ3n) is 7.97. The molecule has 0 heterocycles. The molecular weight excluding hydrogens is 396 g/mol. The van der Waals surface area contributed by atoms with Crippen molar-refractivity contribution in [1.29, 1.82) is 0 Å². The standard InChI is InChI=1S/C33H25/c1-2-12-22(13-3-1)31(32-27-18-8-4-14-23(27)24-15-5-9-19-28(24)32)33-29-20-10-6-16-25(29)26-17-7-11-21-30(26)33/h1-20,25-26,29-30,33H. The molecule has 1 radical (unpaired) electrons. The van der Waals surface area contributed by atoms with Gasteiger partial charge in [-0.15, -0.1) is 0 Å². The third-order valence-corrected chi connectivity index (χ3v) is 7.97. The fourth-order valence-corrected chi connectivity index (χ4v) is 6.72. The number of benzene rings is 3. The first-order valence-corrected chi connectivity index (χ1v) is 12.0. The molecule has 33 heavy (non-hydrogen) atoms. The topological polar surface area (TPSA) is 0 Å². The molecule has 0 nitrogen and oxygen atoms in total. The van der Waals surface area contributed by atoms with Crippen molar-refractivity contribution >= 4 is 11.1 Å². The highest BCUT2D eigenvalue weighted by molar-refractivity contribution is 6.10. The van der Waals surface area contributed by atoms with Crippen LogP contribution in [0.15, 0.2) is 121 Å². The van der Waals surface area contributed by atoms with Crippen molar-refractivity contribution in [3.8, 4) is 11.1 Å². The average Bonchev–Trinajstić information content (AvgIpc) is 3.39. The molecule has 0 spiro atoms. The molecule has 4 aliphatic carbocycles. The molecule has 5 unspecified atom stereocenters. The molecular formula is C33H25. The predicted molar refractivity (Wildman–Crippen MR) is 137 cm³/mol. The van der Waals surface area contributed by atoms with Gasteiger partial charge < -0.3 is 0 Å². The Hall–Kier alpha value is -3.64. The predicted octanol–water partition coefficient (Wildman–Crippen LogP) is 7.78. The van der Waals surface area contributed by atoms with Gasteiger partial charge in [0.05, 0.1) is 0 Å². The molecule has 4 aliphatic rings. The second-order valence-electron chi connectivity index (χ2n) is 9.52. The van der Waals surface area contributed by atoms with Gasteiger partial charge in [-0.3, -0.25) is 0 Å². The highest BCUT2D eigenvalue weighted by atomic mass is 14.5. The fourth-order valence-electron chi connectivity index (χ4n) is 6.72. The lowest BCUT2D eigenvalue weighted by atomic mass is 9.73. The monoisotopic (exact) mass is 421 g/mol. The number of rotatable bonds is 2. The van der Waals surface area contributed by atoms with Crippen LogP contribution in [0.1, 0.15) is 16.7 Å². The van der Waals surface area contributed by atoms with Crippen LogP contribution >= 0.6 is 0 Å². The van der Waals surface area contributed by atoms with E-state index in [0.29, 0.717) is 29.6 Å². The minimum Gasteiger partial charge on any atom is -0.0802 e. The Morgan fingerprint density at radius 1 is 0.545 bits per heavy atom. The molecule has 0 aromatic heterocycles. The summed E-state index contributed by atoms with van der Waals surface area (Å²) in [5.74, 6) is 2.24. The van der Waals surface area contributed by atoms with Crippen molar-refractivity contribution in [3.63, 3.8) is 0 Å². The summed E-state index contributed by atoms with van der Waals surface area (Å²) in [6.45, 7) is 0. The summed E-state index contributed by atoms with van der Waals surface area (Å²) in [7, 11) is 0. The number of hydrogen-bond acceptors (Lipinski definition) is 0. The molecule has 1 saturated carbocycles. The molecule has 0 bridgehead atoms. The Balaban J connectivity index is 1.56. The van der Waals surface area contributed by atoms with Crippen molar-refractivity contribution in [1.82, 2.24) is 0 Å². The maximum absolute atomic E-state index is 3.80. The van der Waals surface area contributed by atoms with Crippen LogP contribution in [0.25, 0.3) is 22.3 Å². The van der Waals surface area contributed by atoms with Gasteiger partial charge in [0, 0.05) is 0 Å². The van der Waals surface area contributed by atoms with Gasteiger partial charge in [-0.2, -0.15) is 0 Å². The lowest BCUT2D eigenvalue weighted by Gasteiger charge is -2.29. The first-order chi connectivity index (χ1) is 16.4. The van der Waals surface area contributed by atoms with Gasteiger partial charge >= 0.3 is 0 Å². The van der Waals surface area contributed by atoms with Gasteiger partial charge in [-0.1, -0.05) is 121 Å². The third kappa shape index (κ3) is 2.77. The quantitative estimate of drug-likeness (QED) is 0.310. The minimum atomic E-state index is 0.374. The van der Waals surface area contributed by atoms with E-state index in [0.717, 1.165) is 0 Å². The van der Waals surface area contributed by atoms with Gasteiger partial charge in [0.25, 0.3) is 0 Å². The molecule has 3 aromatic carbocycles. The normalized spacial score (nSPS) is 27.8. The number of allylic oxidation sites excluding steroid dienone is 9. The molecule has 0 N–H and O–H groups in total.